The largest absolute Gasteiger partial charge is 0.342 e. The van der Waals surface area contributed by atoms with Crippen LogP contribution in [0.5, 0.6) is 0 Å². The maximum atomic E-state index is 5.68. The lowest BCUT2D eigenvalue weighted by molar-refractivity contribution is 0.622. The van der Waals surface area contributed by atoms with Crippen molar-refractivity contribution in [2.45, 2.75) is 19.9 Å². The highest BCUT2D eigenvalue weighted by Crippen LogP contribution is 2.18. The third kappa shape index (κ3) is 1.40. The van der Waals surface area contributed by atoms with Crippen molar-refractivity contribution < 1.29 is 0 Å². The predicted octanol–water partition coefficient (Wildman–Crippen LogP) is 2.67. The van der Waals surface area contributed by atoms with Gasteiger partial charge in [0.05, 0.1) is 17.2 Å². The molecule has 3 nitrogen and oxygen atoms in total. The zero-order chi connectivity index (χ0) is 9.42. The van der Waals surface area contributed by atoms with Gasteiger partial charge in [0.1, 0.15) is 0 Å². The van der Waals surface area contributed by atoms with Gasteiger partial charge in [0.25, 0.3) is 0 Å². The molecule has 13 heavy (non-hydrogen) atoms. The summed E-state index contributed by atoms with van der Waals surface area (Å²) in [6, 6.07) is 2.37. The van der Waals surface area contributed by atoms with Gasteiger partial charge in [0, 0.05) is 12.2 Å². The van der Waals surface area contributed by atoms with Gasteiger partial charge in [-0.1, -0.05) is 0 Å². The number of hydrogen-bond donors (Lipinski definition) is 0. The molecule has 2 aromatic heterocycles. The Kier molecular flexibility index (Phi) is 1.96. The molecule has 0 fully saturated rings. The van der Waals surface area contributed by atoms with Gasteiger partial charge in [-0.2, -0.15) is 0 Å². The Morgan fingerprint density at radius 3 is 2.92 bits per heavy atom. The highest BCUT2D eigenvalue weighted by atomic mass is 35.5. The molecule has 0 N–H and O–H groups in total. The highest BCUT2D eigenvalue weighted by Gasteiger charge is 2.05. The SMILES string of the molecule is CC(C)n1ccc2nc(Cl)ncc21. The van der Waals surface area contributed by atoms with Gasteiger partial charge in [-0.15, -0.1) is 0 Å². The molecule has 0 saturated heterocycles. The normalized spacial score (nSPS) is 11.4. The lowest BCUT2D eigenvalue weighted by Crippen LogP contribution is -1.98. The number of nitrogens with zero attached hydrogens (tertiary/aromatic N) is 3. The zero-order valence-corrected chi connectivity index (χ0v) is 8.28. The van der Waals surface area contributed by atoms with Gasteiger partial charge in [0.2, 0.25) is 5.28 Å². The first kappa shape index (κ1) is 8.51. The van der Waals surface area contributed by atoms with E-state index in [2.05, 4.69) is 28.4 Å². The van der Waals surface area contributed by atoms with Gasteiger partial charge < -0.3 is 4.57 Å². The summed E-state index contributed by atoms with van der Waals surface area (Å²) in [6.07, 6.45) is 3.75. The van der Waals surface area contributed by atoms with Gasteiger partial charge in [-0.25, -0.2) is 9.97 Å². The fourth-order valence-corrected chi connectivity index (χ4v) is 1.51. The van der Waals surface area contributed by atoms with Crippen LogP contribution in [0.2, 0.25) is 5.28 Å². The minimum atomic E-state index is 0.300. The van der Waals surface area contributed by atoms with E-state index in [0.717, 1.165) is 11.0 Å². The molecule has 0 amide bonds. The number of fused-ring (bicyclic) bond motifs is 1. The summed E-state index contributed by atoms with van der Waals surface area (Å²) in [4.78, 5) is 8.07. The summed E-state index contributed by atoms with van der Waals surface area (Å²) in [5.41, 5.74) is 1.92. The third-order valence-corrected chi connectivity index (χ3v) is 2.18. The molecule has 0 spiro atoms. The number of halogens is 1. The second-order valence-corrected chi connectivity index (χ2v) is 3.56. The van der Waals surface area contributed by atoms with Crippen molar-refractivity contribution >= 4 is 22.6 Å². The van der Waals surface area contributed by atoms with Crippen molar-refractivity contribution in [3.63, 3.8) is 0 Å². The topological polar surface area (TPSA) is 30.7 Å². The highest BCUT2D eigenvalue weighted by molar-refractivity contribution is 6.28. The summed E-state index contributed by atoms with van der Waals surface area (Å²) in [5.74, 6) is 0. The maximum Gasteiger partial charge on any atom is 0.223 e. The van der Waals surface area contributed by atoms with E-state index in [1.54, 1.807) is 6.20 Å². The quantitative estimate of drug-likeness (QED) is 0.655. The summed E-state index contributed by atoms with van der Waals surface area (Å²) in [6.45, 7) is 4.24. The molecular weight excluding hydrogens is 186 g/mol. The van der Waals surface area contributed by atoms with Crippen LogP contribution in [-0.2, 0) is 0 Å². The molecule has 2 aromatic rings. The van der Waals surface area contributed by atoms with Crippen molar-refractivity contribution in [2.24, 2.45) is 0 Å². The Morgan fingerprint density at radius 2 is 2.23 bits per heavy atom. The van der Waals surface area contributed by atoms with Crippen LogP contribution in [0.3, 0.4) is 0 Å². The van der Waals surface area contributed by atoms with Crippen LogP contribution < -0.4 is 0 Å². The lowest BCUT2D eigenvalue weighted by atomic mass is 10.4. The Balaban J connectivity index is 2.69. The number of rotatable bonds is 1. The van der Waals surface area contributed by atoms with Crippen molar-refractivity contribution in [3.05, 3.63) is 23.7 Å². The van der Waals surface area contributed by atoms with Crippen molar-refractivity contribution in [1.29, 1.82) is 0 Å². The van der Waals surface area contributed by atoms with Crippen LogP contribution in [0, 0.1) is 0 Å². The first-order valence-electron chi connectivity index (χ1n) is 4.17. The molecule has 0 aliphatic carbocycles. The van der Waals surface area contributed by atoms with Crippen molar-refractivity contribution in [3.8, 4) is 0 Å². The number of hydrogen-bond acceptors (Lipinski definition) is 2. The third-order valence-electron chi connectivity index (χ3n) is 2.00. The predicted molar refractivity (Wildman–Crippen MR) is 52.9 cm³/mol. The van der Waals surface area contributed by atoms with E-state index in [1.165, 1.54) is 0 Å². The molecule has 0 unspecified atom stereocenters. The van der Waals surface area contributed by atoms with E-state index in [0.29, 0.717) is 11.3 Å². The van der Waals surface area contributed by atoms with E-state index >= 15 is 0 Å². The van der Waals surface area contributed by atoms with Crippen LogP contribution in [0.25, 0.3) is 11.0 Å². The van der Waals surface area contributed by atoms with E-state index < -0.39 is 0 Å². The molecule has 4 heteroatoms. The first-order valence-corrected chi connectivity index (χ1v) is 4.55. The fourth-order valence-electron chi connectivity index (χ4n) is 1.37. The average molecular weight is 196 g/mol. The second kappa shape index (κ2) is 3.00. The molecule has 2 rings (SSSR count). The Hall–Kier alpha value is -1.09. The van der Waals surface area contributed by atoms with Crippen molar-refractivity contribution in [2.75, 3.05) is 0 Å². The Morgan fingerprint density at radius 1 is 1.46 bits per heavy atom. The minimum Gasteiger partial charge on any atom is -0.342 e. The van der Waals surface area contributed by atoms with Crippen LogP contribution in [-0.4, -0.2) is 14.5 Å². The fraction of sp³-hybridized carbons (Fsp3) is 0.333. The van der Waals surface area contributed by atoms with E-state index in [4.69, 9.17) is 11.6 Å². The van der Waals surface area contributed by atoms with E-state index in [-0.39, 0.29) is 0 Å². The van der Waals surface area contributed by atoms with Crippen LogP contribution in [0.1, 0.15) is 19.9 Å². The monoisotopic (exact) mass is 195 g/mol. The first-order chi connectivity index (χ1) is 6.18. The summed E-state index contributed by atoms with van der Waals surface area (Å²) >= 11 is 5.68. The van der Waals surface area contributed by atoms with Crippen LogP contribution in [0.15, 0.2) is 18.5 Å². The Labute approximate surface area is 81.4 Å². The zero-order valence-electron chi connectivity index (χ0n) is 7.53. The second-order valence-electron chi connectivity index (χ2n) is 3.23. The molecule has 0 saturated carbocycles. The lowest BCUT2D eigenvalue weighted by Gasteiger charge is -2.07. The van der Waals surface area contributed by atoms with Gasteiger partial charge >= 0.3 is 0 Å². The molecule has 0 aliphatic heterocycles. The smallest absolute Gasteiger partial charge is 0.223 e. The van der Waals surface area contributed by atoms with Gasteiger partial charge in [-0.3, -0.25) is 0 Å². The van der Waals surface area contributed by atoms with E-state index in [1.807, 2.05) is 12.3 Å². The molecule has 0 aromatic carbocycles. The maximum absolute atomic E-state index is 5.68. The average Bonchev–Trinajstić information content (AvgIpc) is 2.46. The van der Waals surface area contributed by atoms with Gasteiger partial charge in [0.15, 0.2) is 0 Å². The standard InChI is InChI=1S/C9H10ClN3/c1-6(2)13-4-3-7-8(13)5-11-9(10)12-7/h3-6H,1-2H3. The summed E-state index contributed by atoms with van der Waals surface area (Å²) < 4.78 is 2.12. The van der Waals surface area contributed by atoms with Crippen LogP contribution in [0.4, 0.5) is 0 Å². The molecule has 2 heterocycles. The molecule has 0 radical (unpaired) electrons. The molecule has 0 aliphatic rings. The molecule has 0 bridgehead atoms. The summed E-state index contributed by atoms with van der Waals surface area (Å²) in [5, 5.41) is 0.300. The van der Waals surface area contributed by atoms with Gasteiger partial charge in [-0.05, 0) is 31.5 Å². The van der Waals surface area contributed by atoms with Crippen LogP contribution >= 0.6 is 11.6 Å². The van der Waals surface area contributed by atoms with E-state index in [9.17, 15) is 0 Å². The molecule has 0 atom stereocenters. The summed E-state index contributed by atoms with van der Waals surface area (Å²) in [7, 11) is 0. The number of aromatic nitrogens is 3. The molecule has 68 valence electrons. The van der Waals surface area contributed by atoms with Crippen molar-refractivity contribution in [1.82, 2.24) is 14.5 Å². The Bertz CT molecular complexity index is 433. The molecular formula is C9H10ClN3. The minimum absolute atomic E-state index is 0.300.